The monoisotopic (exact) mass is 256 g/mol. The fourth-order valence-corrected chi connectivity index (χ4v) is 3.17. The normalized spacial score (nSPS) is 21.6. The van der Waals surface area contributed by atoms with Gasteiger partial charge in [-0.1, -0.05) is 12.1 Å². The van der Waals surface area contributed by atoms with Crippen LogP contribution in [0.2, 0.25) is 0 Å². The molecular weight excluding hydrogens is 240 g/mol. The van der Waals surface area contributed by atoms with Crippen LogP contribution in [-0.2, 0) is 10.2 Å². The first-order chi connectivity index (χ1) is 8.02. The Kier molecular flexibility index (Phi) is 3.37. The zero-order valence-corrected chi connectivity index (χ0v) is 10.5. The van der Waals surface area contributed by atoms with Crippen LogP contribution in [0.3, 0.4) is 0 Å². The molecule has 94 valence electrons. The average Bonchev–Trinajstić information content (AvgIpc) is 2.78. The number of methoxy groups -OCH3 is 1. The summed E-state index contributed by atoms with van der Waals surface area (Å²) in [5, 5.41) is 5.20. The molecule has 5 nitrogen and oxygen atoms in total. The van der Waals surface area contributed by atoms with Crippen LogP contribution < -0.4 is 9.88 Å². The van der Waals surface area contributed by atoms with Gasteiger partial charge in [-0.15, -0.1) is 0 Å². The quantitative estimate of drug-likeness (QED) is 0.878. The Morgan fingerprint density at radius 2 is 2.00 bits per heavy atom. The first-order valence-electron chi connectivity index (χ1n) is 5.46. The third-order valence-corrected chi connectivity index (χ3v) is 4.12. The molecule has 1 aromatic carbocycles. The highest BCUT2D eigenvalue weighted by molar-refractivity contribution is 7.86. The lowest BCUT2D eigenvalue weighted by Crippen LogP contribution is -2.36. The second-order valence-corrected chi connectivity index (χ2v) is 5.59. The van der Waals surface area contributed by atoms with Crippen molar-refractivity contribution in [2.24, 2.45) is 5.14 Å². The highest BCUT2D eigenvalue weighted by Gasteiger charge is 2.32. The van der Waals surface area contributed by atoms with Gasteiger partial charge in [0.1, 0.15) is 5.75 Å². The van der Waals surface area contributed by atoms with Crippen LogP contribution in [0.15, 0.2) is 24.3 Å². The third kappa shape index (κ3) is 2.59. The Bertz CT molecular complexity index is 484. The molecule has 0 saturated carbocycles. The summed E-state index contributed by atoms with van der Waals surface area (Å²) in [7, 11) is -2.02. The molecule has 0 unspecified atom stereocenters. The van der Waals surface area contributed by atoms with E-state index in [1.807, 2.05) is 24.3 Å². The SMILES string of the molecule is COc1ccc([C@@H]2CCCN2S(N)(=O)=O)cc1. The minimum absolute atomic E-state index is 0.143. The summed E-state index contributed by atoms with van der Waals surface area (Å²) < 4.78 is 29.3. The van der Waals surface area contributed by atoms with Crippen LogP contribution in [0.4, 0.5) is 0 Å². The Morgan fingerprint density at radius 3 is 2.53 bits per heavy atom. The standard InChI is InChI=1S/C11H16N2O3S/c1-16-10-6-4-9(5-7-10)11-3-2-8-13(11)17(12,14)15/h4-7,11H,2-3,8H2,1H3,(H2,12,14,15)/t11-/m0/s1. The van der Waals surface area contributed by atoms with Crippen molar-refractivity contribution >= 4 is 10.2 Å². The summed E-state index contributed by atoms with van der Waals surface area (Å²) in [5.41, 5.74) is 0.956. The molecule has 17 heavy (non-hydrogen) atoms. The minimum atomic E-state index is -3.61. The van der Waals surface area contributed by atoms with Crippen molar-refractivity contribution in [2.45, 2.75) is 18.9 Å². The van der Waals surface area contributed by atoms with Crippen LogP contribution in [0, 0.1) is 0 Å². The van der Waals surface area contributed by atoms with E-state index in [9.17, 15) is 8.42 Å². The number of benzene rings is 1. The molecular formula is C11H16N2O3S. The Hall–Kier alpha value is -1.11. The van der Waals surface area contributed by atoms with E-state index in [1.54, 1.807) is 7.11 Å². The van der Waals surface area contributed by atoms with Crippen LogP contribution in [0.1, 0.15) is 24.4 Å². The summed E-state index contributed by atoms with van der Waals surface area (Å²) in [6, 6.07) is 7.28. The molecule has 6 heteroatoms. The van der Waals surface area contributed by atoms with Gasteiger partial charge in [-0.05, 0) is 30.5 Å². The summed E-state index contributed by atoms with van der Waals surface area (Å²) in [4.78, 5) is 0. The zero-order valence-electron chi connectivity index (χ0n) is 9.67. The van der Waals surface area contributed by atoms with Gasteiger partial charge in [-0.3, -0.25) is 0 Å². The molecule has 2 rings (SSSR count). The molecule has 1 heterocycles. The second kappa shape index (κ2) is 4.64. The summed E-state index contributed by atoms with van der Waals surface area (Å²) >= 11 is 0. The van der Waals surface area contributed by atoms with Gasteiger partial charge < -0.3 is 4.74 Å². The van der Waals surface area contributed by atoms with Gasteiger partial charge in [0.25, 0.3) is 10.2 Å². The maximum absolute atomic E-state index is 11.4. The second-order valence-electron chi connectivity index (χ2n) is 4.09. The van der Waals surface area contributed by atoms with Gasteiger partial charge in [0, 0.05) is 6.54 Å². The van der Waals surface area contributed by atoms with E-state index in [2.05, 4.69) is 0 Å². The lowest BCUT2D eigenvalue weighted by Gasteiger charge is -2.22. The van der Waals surface area contributed by atoms with Crippen molar-refractivity contribution in [1.29, 1.82) is 0 Å². The van der Waals surface area contributed by atoms with Crippen LogP contribution in [0.25, 0.3) is 0 Å². The Morgan fingerprint density at radius 1 is 1.35 bits per heavy atom. The highest BCUT2D eigenvalue weighted by Crippen LogP contribution is 2.33. The molecule has 0 radical (unpaired) electrons. The number of hydrogen-bond donors (Lipinski definition) is 1. The van der Waals surface area contributed by atoms with Gasteiger partial charge in [0.2, 0.25) is 0 Å². The molecule has 0 aromatic heterocycles. The number of nitrogens with two attached hydrogens (primary N) is 1. The number of hydrogen-bond acceptors (Lipinski definition) is 3. The molecule has 2 N–H and O–H groups in total. The van der Waals surface area contributed by atoms with Crippen LogP contribution in [-0.4, -0.2) is 26.4 Å². The summed E-state index contributed by atoms with van der Waals surface area (Å²) in [6.45, 7) is 0.496. The molecule has 1 fully saturated rings. The maximum Gasteiger partial charge on any atom is 0.277 e. The van der Waals surface area contributed by atoms with Crippen molar-refractivity contribution < 1.29 is 13.2 Å². The molecule has 0 spiro atoms. The molecule has 1 saturated heterocycles. The van der Waals surface area contributed by atoms with E-state index >= 15 is 0 Å². The van der Waals surface area contributed by atoms with Gasteiger partial charge in [-0.2, -0.15) is 12.7 Å². The van der Waals surface area contributed by atoms with Crippen molar-refractivity contribution in [3.8, 4) is 5.75 Å². The number of rotatable bonds is 3. The molecule has 1 atom stereocenters. The van der Waals surface area contributed by atoms with E-state index in [0.717, 1.165) is 24.2 Å². The van der Waals surface area contributed by atoms with E-state index in [0.29, 0.717) is 6.54 Å². The predicted molar refractivity (Wildman–Crippen MR) is 64.8 cm³/mol. The predicted octanol–water partition coefficient (Wildman–Crippen LogP) is 1.04. The number of nitrogens with zero attached hydrogens (tertiary/aromatic N) is 1. The number of ether oxygens (including phenoxy) is 1. The first-order valence-corrected chi connectivity index (χ1v) is 6.96. The topological polar surface area (TPSA) is 72.6 Å². The molecule has 0 aliphatic carbocycles. The van der Waals surface area contributed by atoms with Crippen molar-refractivity contribution in [2.75, 3.05) is 13.7 Å². The lowest BCUT2D eigenvalue weighted by atomic mass is 10.1. The molecule has 1 aliphatic rings. The maximum atomic E-state index is 11.4. The lowest BCUT2D eigenvalue weighted by molar-refractivity contribution is 0.395. The molecule has 1 aliphatic heterocycles. The van der Waals surface area contributed by atoms with Gasteiger partial charge in [-0.25, -0.2) is 5.14 Å². The third-order valence-electron chi connectivity index (χ3n) is 3.03. The van der Waals surface area contributed by atoms with Gasteiger partial charge in [0.15, 0.2) is 0 Å². The minimum Gasteiger partial charge on any atom is -0.497 e. The average molecular weight is 256 g/mol. The van der Waals surface area contributed by atoms with Gasteiger partial charge in [0.05, 0.1) is 13.2 Å². The molecule has 0 bridgehead atoms. The van der Waals surface area contributed by atoms with Crippen molar-refractivity contribution in [1.82, 2.24) is 4.31 Å². The van der Waals surface area contributed by atoms with Crippen molar-refractivity contribution in [3.05, 3.63) is 29.8 Å². The van der Waals surface area contributed by atoms with E-state index in [1.165, 1.54) is 4.31 Å². The van der Waals surface area contributed by atoms with Crippen molar-refractivity contribution in [3.63, 3.8) is 0 Å². The van der Waals surface area contributed by atoms with Gasteiger partial charge >= 0.3 is 0 Å². The van der Waals surface area contributed by atoms with Crippen LogP contribution >= 0.6 is 0 Å². The van der Waals surface area contributed by atoms with E-state index in [4.69, 9.17) is 9.88 Å². The first kappa shape index (κ1) is 12.3. The zero-order chi connectivity index (χ0) is 12.5. The van der Waals surface area contributed by atoms with E-state index < -0.39 is 10.2 Å². The Labute approximate surface area is 101 Å². The fraction of sp³-hybridized carbons (Fsp3) is 0.455. The van der Waals surface area contributed by atoms with E-state index in [-0.39, 0.29) is 6.04 Å². The Balaban J connectivity index is 2.26. The fourth-order valence-electron chi connectivity index (χ4n) is 2.20. The molecule has 0 amide bonds. The summed E-state index contributed by atoms with van der Waals surface area (Å²) in [6.07, 6.45) is 1.65. The molecule has 1 aromatic rings. The van der Waals surface area contributed by atoms with Crippen LogP contribution in [0.5, 0.6) is 5.75 Å². The smallest absolute Gasteiger partial charge is 0.277 e. The largest absolute Gasteiger partial charge is 0.497 e. The summed E-state index contributed by atoms with van der Waals surface area (Å²) in [5.74, 6) is 0.758. The highest BCUT2D eigenvalue weighted by atomic mass is 32.2.